The molecule has 114 valence electrons. The topological polar surface area (TPSA) is 49.4 Å². The van der Waals surface area contributed by atoms with Gasteiger partial charge in [-0.2, -0.15) is 0 Å². The molecule has 0 unspecified atom stereocenters. The van der Waals surface area contributed by atoms with Crippen LogP contribution in [0.3, 0.4) is 0 Å². The monoisotopic (exact) mass is 308 g/mol. The van der Waals surface area contributed by atoms with E-state index in [4.69, 9.17) is 11.6 Å². The van der Waals surface area contributed by atoms with Crippen molar-refractivity contribution in [2.75, 3.05) is 13.1 Å². The number of carbonyl (C=O) groups is 2. The predicted octanol–water partition coefficient (Wildman–Crippen LogP) is 2.86. The predicted molar refractivity (Wildman–Crippen MR) is 83.4 cm³/mol. The summed E-state index contributed by atoms with van der Waals surface area (Å²) in [6.45, 7) is 2.62. The molecule has 2 rings (SSSR count). The van der Waals surface area contributed by atoms with Gasteiger partial charge >= 0.3 is 0 Å². The highest BCUT2D eigenvalue weighted by Crippen LogP contribution is 2.23. The molecule has 0 saturated heterocycles. The number of nitrogens with zero attached hydrogens (tertiary/aromatic N) is 1. The first-order valence-electron chi connectivity index (χ1n) is 7.39. The highest BCUT2D eigenvalue weighted by atomic mass is 35.5. The van der Waals surface area contributed by atoms with Gasteiger partial charge < -0.3 is 10.2 Å². The van der Waals surface area contributed by atoms with Gasteiger partial charge in [-0.15, -0.1) is 0 Å². The first kappa shape index (κ1) is 15.8. The number of rotatable bonds is 5. The smallest absolute Gasteiger partial charge is 0.251 e. The second kappa shape index (κ2) is 7.46. The molecular weight excluding hydrogens is 288 g/mol. The summed E-state index contributed by atoms with van der Waals surface area (Å²) in [4.78, 5) is 25.6. The van der Waals surface area contributed by atoms with E-state index >= 15 is 0 Å². The Morgan fingerprint density at radius 2 is 2.05 bits per heavy atom. The quantitative estimate of drug-likeness (QED) is 0.909. The Morgan fingerprint density at radius 1 is 1.33 bits per heavy atom. The van der Waals surface area contributed by atoms with Gasteiger partial charge in [-0.05, 0) is 31.0 Å². The molecule has 1 aliphatic carbocycles. The molecule has 0 bridgehead atoms. The molecule has 1 aromatic rings. The van der Waals surface area contributed by atoms with Crippen molar-refractivity contribution in [2.24, 2.45) is 0 Å². The normalized spacial score (nSPS) is 15.0. The minimum absolute atomic E-state index is 0.0823. The van der Waals surface area contributed by atoms with Crippen molar-refractivity contribution in [3.8, 4) is 0 Å². The van der Waals surface area contributed by atoms with Crippen molar-refractivity contribution in [2.45, 2.75) is 38.6 Å². The Hall–Kier alpha value is -1.55. The lowest BCUT2D eigenvalue weighted by molar-refractivity contribution is -0.130. The van der Waals surface area contributed by atoms with Crippen LogP contribution in [0.4, 0.5) is 0 Å². The first-order valence-corrected chi connectivity index (χ1v) is 7.76. The Labute approximate surface area is 130 Å². The van der Waals surface area contributed by atoms with E-state index in [1.807, 2.05) is 4.90 Å². The van der Waals surface area contributed by atoms with Crippen molar-refractivity contribution in [1.82, 2.24) is 10.2 Å². The molecule has 0 aliphatic heterocycles. The van der Waals surface area contributed by atoms with Crippen LogP contribution in [0, 0.1) is 0 Å². The molecule has 0 atom stereocenters. The van der Waals surface area contributed by atoms with Gasteiger partial charge in [-0.25, -0.2) is 0 Å². The number of halogens is 1. The molecule has 2 amide bonds. The zero-order chi connectivity index (χ0) is 15.2. The van der Waals surface area contributed by atoms with E-state index in [0.29, 0.717) is 29.7 Å². The number of benzene rings is 1. The first-order chi connectivity index (χ1) is 10.1. The van der Waals surface area contributed by atoms with Crippen LogP contribution in [0.1, 0.15) is 43.0 Å². The lowest BCUT2D eigenvalue weighted by Crippen LogP contribution is -2.42. The van der Waals surface area contributed by atoms with E-state index in [1.54, 1.807) is 31.2 Å². The summed E-state index contributed by atoms with van der Waals surface area (Å²) in [5.74, 6) is -0.0775. The van der Waals surface area contributed by atoms with E-state index in [1.165, 1.54) is 12.8 Å². The minimum atomic E-state index is -0.160. The third kappa shape index (κ3) is 4.46. The lowest BCUT2D eigenvalue weighted by atomic mass is 10.2. The van der Waals surface area contributed by atoms with E-state index in [0.717, 1.165) is 12.8 Å². The van der Waals surface area contributed by atoms with Crippen LogP contribution in [0.15, 0.2) is 24.3 Å². The van der Waals surface area contributed by atoms with Gasteiger partial charge in [0.15, 0.2) is 0 Å². The standard InChI is InChI=1S/C16H21ClN2O2/c1-12(20)19(15-7-2-3-8-15)10-9-18-16(21)13-5-4-6-14(17)11-13/h4-6,11,15H,2-3,7-10H2,1H3,(H,18,21). The molecule has 5 heteroatoms. The van der Waals surface area contributed by atoms with Crippen molar-refractivity contribution < 1.29 is 9.59 Å². The molecular formula is C16H21ClN2O2. The molecule has 1 aromatic carbocycles. The van der Waals surface area contributed by atoms with Crippen LogP contribution in [0.25, 0.3) is 0 Å². The summed E-state index contributed by atoms with van der Waals surface area (Å²) in [7, 11) is 0. The Bertz CT molecular complexity index is 513. The fraction of sp³-hybridized carbons (Fsp3) is 0.500. The number of amides is 2. The van der Waals surface area contributed by atoms with Gasteiger partial charge in [0.1, 0.15) is 0 Å². The molecule has 4 nitrogen and oxygen atoms in total. The maximum Gasteiger partial charge on any atom is 0.251 e. The fourth-order valence-electron chi connectivity index (χ4n) is 2.83. The van der Waals surface area contributed by atoms with Crippen molar-refractivity contribution in [3.63, 3.8) is 0 Å². The van der Waals surface area contributed by atoms with Crippen LogP contribution in [-0.4, -0.2) is 35.8 Å². The molecule has 1 aliphatic rings. The van der Waals surface area contributed by atoms with Crippen molar-refractivity contribution >= 4 is 23.4 Å². The number of hydrogen-bond donors (Lipinski definition) is 1. The Balaban J connectivity index is 1.84. The summed E-state index contributed by atoms with van der Waals surface area (Å²) in [5, 5.41) is 3.38. The Morgan fingerprint density at radius 3 is 2.67 bits per heavy atom. The largest absolute Gasteiger partial charge is 0.350 e. The van der Waals surface area contributed by atoms with Crippen molar-refractivity contribution in [3.05, 3.63) is 34.9 Å². The van der Waals surface area contributed by atoms with Gasteiger partial charge in [0.2, 0.25) is 5.91 Å². The zero-order valence-electron chi connectivity index (χ0n) is 12.3. The summed E-state index contributed by atoms with van der Waals surface area (Å²) >= 11 is 5.87. The molecule has 1 fully saturated rings. The fourth-order valence-corrected chi connectivity index (χ4v) is 3.03. The highest BCUT2D eigenvalue weighted by Gasteiger charge is 2.24. The van der Waals surface area contributed by atoms with Crippen LogP contribution < -0.4 is 5.32 Å². The van der Waals surface area contributed by atoms with Crippen LogP contribution in [0.2, 0.25) is 5.02 Å². The second-order valence-corrected chi connectivity index (χ2v) is 5.85. The van der Waals surface area contributed by atoms with E-state index in [2.05, 4.69) is 5.32 Å². The molecule has 0 heterocycles. The van der Waals surface area contributed by atoms with Gasteiger partial charge in [0.05, 0.1) is 0 Å². The highest BCUT2D eigenvalue weighted by molar-refractivity contribution is 6.30. The van der Waals surface area contributed by atoms with E-state index < -0.39 is 0 Å². The number of nitrogens with one attached hydrogen (secondary N) is 1. The SMILES string of the molecule is CC(=O)N(CCNC(=O)c1cccc(Cl)c1)C1CCCC1. The summed E-state index contributed by atoms with van der Waals surface area (Å²) in [5.41, 5.74) is 0.540. The molecule has 0 spiro atoms. The van der Waals surface area contributed by atoms with E-state index in [9.17, 15) is 9.59 Å². The van der Waals surface area contributed by atoms with Gasteiger partial charge in [0, 0.05) is 36.6 Å². The van der Waals surface area contributed by atoms with Crippen LogP contribution in [0.5, 0.6) is 0 Å². The molecule has 0 radical (unpaired) electrons. The minimum Gasteiger partial charge on any atom is -0.350 e. The van der Waals surface area contributed by atoms with Gasteiger partial charge in [-0.1, -0.05) is 30.5 Å². The van der Waals surface area contributed by atoms with Crippen LogP contribution >= 0.6 is 11.6 Å². The maximum absolute atomic E-state index is 12.0. The molecule has 0 aromatic heterocycles. The van der Waals surface area contributed by atoms with E-state index in [-0.39, 0.29) is 11.8 Å². The summed E-state index contributed by atoms with van der Waals surface area (Å²) in [6, 6.07) is 7.18. The van der Waals surface area contributed by atoms with Gasteiger partial charge in [0.25, 0.3) is 5.91 Å². The molecule has 21 heavy (non-hydrogen) atoms. The summed E-state index contributed by atoms with van der Waals surface area (Å²) < 4.78 is 0. The average Bonchev–Trinajstić information content (AvgIpc) is 2.96. The second-order valence-electron chi connectivity index (χ2n) is 5.42. The zero-order valence-corrected chi connectivity index (χ0v) is 13.0. The maximum atomic E-state index is 12.0. The third-order valence-corrected chi connectivity index (χ3v) is 4.13. The lowest BCUT2D eigenvalue weighted by Gasteiger charge is -2.27. The Kier molecular flexibility index (Phi) is 5.62. The summed E-state index contributed by atoms with van der Waals surface area (Å²) in [6.07, 6.45) is 4.51. The molecule has 1 saturated carbocycles. The third-order valence-electron chi connectivity index (χ3n) is 3.90. The number of hydrogen-bond acceptors (Lipinski definition) is 2. The average molecular weight is 309 g/mol. The number of carbonyl (C=O) groups excluding carboxylic acids is 2. The molecule has 1 N–H and O–H groups in total. The van der Waals surface area contributed by atoms with Crippen molar-refractivity contribution in [1.29, 1.82) is 0 Å². The van der Waals surface area contributed by atoms with Gasteiger partial charge in [-0.3, -0.25) is 9.59 Å². The van der Waals surface area contributed by atoms with Crippen LogP contribution in [-0.2, 0) is 4.79 Å².